The van der Waals surface area contributed by atoms with Crippen LogP contribution in [0.1, 0.15) is 31.2 Å². The fourth-order valence-electron chi connectivity index (χ4n) is 2.88. The van der Waals surface area contributed by atoms with E-state index in [9.17, 15) is 9.59 Å². The number of carbonyl (C=O) groups excluding carboxylic acids is 2. The average molecular weight is 295 g/mol. The normalized spacial score (nSPS) is 12.4. The molecular formula is C18H17NO3. The van der Waals surface area contributed by atoms with Crippen LogP contribution in [0.2, 0.25) is 0 Å². The molecule has 4 nitrogen and oxygen atoms in total. The number of imide groups is 1. The van der Waals surface area contributed by atoms with Crippen LogP contribution in [0.15, 0.2) is 47.1 Å². The summed E-state index contributed by atoms with van der Waals surface area (Å²) in [5.74, 6) is -0.662. The van der Waals surface area contributed by atoms with Crippen molar-refractivity contribution in [2.45, 2.75) is 25.7 Å². The molecule has 22 heavy (non-hydrogen) atoms. The van der Waals surface area contributed by atoms with Gasteiger partial charge in [0.2, 0.25) is 12.3 Å². The van der Waals surface area contributed by atoms with Crippen LogP contribution < -0.4 is 5.32 Å². The second-order valence-corrected chi connectivity index (χ2v) is 5.35. The molecule has 1 atom stereocenters. The van der Waals surface area contributed by atoms with E-state index in [2.05, 4.69) is 5.32 Å². The van der Waals surface area contributed by atoms with Crippen molar-refractivity contribution in [1.29, 1.82) is 0 Å². The van der Waals surface area contributed by atoms with E-state index >= 15 is 0 Å². The lowest BCUT2D eigenvalue weighted by Crippen LogP contribution is -2.27. The predicted octanol–water partition coefficient (Wildman–Crippen LogP) is 3.74. The summed E-state index contributed by atoms with van der Waals surface area (Å²) in [6, 6.07) is 12.0. The molecule has 2 amide bonds. The van der Waals surface area contributed by atoms with Crippen LogP contribution in [0.4, 0.5) is 0 Å². The van der Waals surface area contributed by atoms with E-state index in [1.807, 2.05) is 43.3 Å². The Morgan fingerprint density at radius 1 is 1.27 bits per heavy atom. The number of nitrogens with one attached hydrogen (secondary N) is 1. The number of carbonyl (C=O) groups is 2. The molecule has 0 aliphatic rings. The van der Waals surface area contributed by atoms with Crippen molar-refractivity contribution in [3.05, 3.63) is 48.2 Å². The molecule has 112 valence electrons. The van der Waals surface area contributed by atoms with Crippen LogP contribution in [0, 0.1) is 0 Å². The molecule has 4 heteroatoms. The number of fused-ring (bicyclic) bond motifs is 2. The van der Waals surface area contributed by atoms with Crippen molar-refractivity contribution >= 4 is 34.1 Å². The van der Waals surface area contributed by atoms with Gasteiger partial charge < -0.3 is 4.42 Å². The van der Waals surface area contributed by atoms with Gasteiger partial charge in [0, 0.05) is 10.9 Å². The predicted molar refractivity (Wildman–Crippen MR) is 85.6 cm³/mol. The summed E-state index contributed by atoms with van der Waals surface area (Å²) in [6.07, 6.45) is 3.58. The van der Waals surface area contributed by atoms with E-state index in [1.54, 1.807) is 6.26 Å². The first kappa shape index (κ1) is 14.3. The molecule has 2 aromatic carbocycles. The minimum Gasteiger partial charge on any atom is -0.464 e. The lowest BCUT2D eigenvalue weighted by molar-refractivity contribution is -0.126. The Kier molecular flexibility index (Phi) is 3.92. The van der Waals surface area contributed by atoms with Gasteiger partial charge in [-0.2, -0.15) is 0 Å². The lowest BCUT2D eigenvalue weighted by Gasteiger charge is -2.12. The molecule has 1 aromatic heterocycles. The highest BCUT2D eigenvalue weighted by Gasteiger charge is 2.23. The Morgan fingerprint density at radius 3 is 2.68 bits per heavy atom. The summed E-state index contributed by atoms with van der Waals surface area (Å²) in [7, 11) is 0. The Morgan fingerprint density at radius 2 is 2.00 bits per heavy atom. The zero-order chi connectivity index (χ0) is 15.5. The molecule has 0 aliphatic heterocycles. The monoisotopic (exact) mass is 295 g/mol. The van der Waals surface area contributed by atoms with Gasteiger partial charge in [0.15, 0.2) is 0 Å². The topological polar surface area (TPSA) is 59.3 Å². The van der Waals surface area contributed by atoms with Crippen LogP contribution in [0.5, 0.6) is 0 Å². The number of benzene rings is 2. The van der Waals surface area contributed by atoms with Gasteiger partial charge in [-0.3, -0.25) is 14.9 Å². The zero-order valence-electron chi connectivity index (χ0n) is 12.3. The van der Waals surface area contributed by atoms with Crippen molar-refractivity contribution in [1.82, 2.24) is 5.32 Å². The van der Waals surface area contributed by atoms with Crippen molar-refractivity contribution < 1.29 is 14.0 Å². The minimum absolute atomic E-state index is 0.285. The van der Waals surface area contributed by atoms with Crippen molar-refractivity contribution in [3.63, 3.8) is 0 Å². The summed E-state index contributed by atoms with van der Waals surface area (Å²) < 4.78 is 5.64. The molecule has 0 bridgehead atoms. The molecule has 1 unspecified atom stereocenters. The maximum Gasteiger partial charge on any atom is 0.234 e. The fourth-order valence-corrected chi connectivity index (χ4v) is 2.88. The molecule has 0 saturated heterocycles. The fraction of sp³-hybridized carbons (Fsp3) is 0.222. The van der Waals surface area contributed by atoms with Gasteiger partial charge in [-0.15, -0.1) is 0 Å². The van der Waals surface area contributed by atoms with Crippen molar-refractivity contribution in [2.75, 3.05) is 0 Å². The van der Waals surface area contributed by atoms with E-state index in [0.717, 1.165) is 33.7 Å². The minimum atomic E-state index is -0.377. The van der Waals surface area contributed by atoms with Crippen LogP contribution in [-0.4, -0.2) is 12.3 Å². The quantitative estimate of drug-likeness (QED) is 0.729. The highest BCUT2D eigenvalue weighted by atomic mass is 16.3. The van der Waals surface area contributed by atoms with E-state index in [1.165, 1.54) is 0 Å². The summed E-state index contributed by atoms with van der Waals surface area (Å²) in [4.78, 5) is 22.7. The number of hydrogen-bond acceptors (Lipinski definition) is 3. The molecule has 0 spiro atoms. The smallest absolute Gasteiger partial charge is 0.234 e. The summed E-state index contributed by atoms with van der Waals surface area (Å²) in [6.45, 7) is 2.01. The van der Waals surface area contributed by atoms with E-state index in [0.29, 0.717) is 12.8 Å². The molecular weight excluding hydrogens is 278 g/mol. The van der Waals surface area contributed by atoms with Crippen molar-refractivity contribution in [3.8, 4) is 0 Å². The van der Waals surface area contributed by atoms with Gasteiger partial charge in [0.25, 0.3) is 0 Å². The molecule has 3 aromatic rings. The third kappa shape index (κ3) is 2.48. The number of furan rings is 1. The highest BCUT2D eigenvalue weighted by Crippen LogP contribution is 2.33. The number of rotatable bonds is 5. The third-order valence-electron chi connectivity index (χ3n) is 3.94. The lowest BCUT2D eigenvalue weighted by atomic mass is 9.92. The van der Waals surface area contributed by atoms with Crippen LogP contribution >= 0.6 is 0 Å². The van der Waals surface area contributed by atoms with Crippen LogP contribution in [-0.2, 0) is 9.59 Å². The standard InChI is InChI=1S/C18H17NO3/c1-2-5-14(18(21)19-11-20)16-10-22-17-9-13-7-4-3-6-12(13)8-15(16)17/h3-4,6-11,14H,2,5H2,1H3,(H,19,20,21). The maximum atomic E-state index is 12.2. The van der Waals surface area contributed by atoms with Gasteiger partial charge in [0.1, 0.15) is 5.58 Å². The van der Waals surface area contributed by atoms with Gasteiger partial charge in [-0.05, 0) is 29.3 Å². The number of amides is 2. The van der Waals surface area contributed by atoms with Gasteiger partial charge >= 0.3 is 0 Å². The summed E-state index contributed by atoms with van der Waals surface area (Å²) >= 11 is 0. The number of hydrogen-bond donors (Lipinski definition) is 1. The van der Waals surface area contributed by atoms with Crippen molar-refractivity contribution in [2.24, 2.45) is 0 Å². The van der Waals surface area contributed by atoms with Crippen LogP contribution in [0.3, 0.4) is 0 Å². The first-order valence-electron chi connectivity index (χ1n) is 7.38. The molecule has 3 rings (SSSR count). The van der Waals surface area contributed by atoms with Gasteiger partial charge in [0.05, 0.1) is 12.2 Å². The molecule has 0 aliphatic carbocycles. The van der Waals surface area contributed by atoms with E-state index in [-0.39, 0.29) is 11.8 Å². The van der Waals surface area contributed by atoms with Crippen LogP contribution in [0.25, 0.3) is 21.7 Å². The first-order valence-corrected chi connectivity index (χ1v) is 7.38. The second-order valence-electron chi connectivity index (χ2n) is 5.35. The Bertz CT molecular complexity index is 835. The van der Waals surface area contributed by atoms with E-state index < -0.39 is 0 Å². The van der Waals surface area contributed by atoms with E-state index in [4.69, 9.17) is 4.42 Å². The largest absolute Gasteiger partial charge is 0.464 e. The highest BCUT2D eigenvalue weighted by molar-refractivity contribution is 6.00. The maximum absolute atomic E-state index is 12.2. The second kappa shape index (κ2) is 6.02. The summed E-state index contributed by atoms with van der Waals surface area (Å²) in [5.41, 5.74) is 1.59. The molecule has 1 N–H and O–H groups in total. The Balaban J connectivity index is 2.13. The average Bonchev–Trinajstić information content (AvgIpc) is 2.93. The summed E-state index contributed by atoms with van der Waals surface area (Å²) in [5, 5.41) is 5.39. The zero-order valence-corrected chi connectivity index (χ0v) is 12.3. The molecule has 0 radical (unpaired) electrons. The molecule has 0 fully saturated rings. The SMILES string of the molecule is CCCC(C(=O)NC=O)c1coc2cc3ccccc3cc12. The Labute approximate surface area is 128 Å². The third-order valence-corrected chi connectivity index (χ3v) is 3.94. The first-order chi connectivity index (χ1) is 10.7. The molecule has 0 saturated carbocycles. The molecule has 1 heterocycles. The van der Waals surface area contributed by atoms with Gasteiger partial charge in [-0.1, -0.05) is 37.6 Å². The van der Waals surface area contributed by atoms with Gasteiger partial charge in [-0.25, -0.2) is 0 Å². The Hall–Kier alpha value is -2.62.